The molecule has 0 N–H and O–H groups in total. The SMILES string of the molecule is CCCCC(=O)N1CCN(c2nc(-c3ccc(C(F)(F)F)cc3)nc(C)c2CC)CC1. The Labute approximate surface area is 181 Å². The lowest BCUT2D eigenvalue weighted by atomic mass is 10.1. The molecule has 2 aromatic rings. The molecule has 31 heavy (non-hydrogen) atoms. The third kappa shape index (κ3) is 5.35. The van der Waals surface area contributed by atoms with Crippen molar-refractivity contribution in [1.82, 2.24) is 14.9 Å². The van der Waals surface area contributed by atoms with Gasteiger partial charge in [-0.15, -0.1) is 0 Å². The van der Waals surface area contributed by atoms with Gasteiger partial charge in [0, 0.05) is 49.4 Å². The minimum absolute atomic E-state index is 0.196. The Hall–Kier alpha value is -2.64. The minimum atomic E-state index is -4.37. The lowest BCUT2D eigenvalue weighted by molar-refractivity contribution is -0.137. The average Bonchev–Trinajstić information content (AvgIpc) is 2.76. The second-order valence-corrected chi connectivity index (χ2v) is 7.83. The molecule has 1 saturated heterocycles. The summed E-state index contributed by atoms with van der Waals surface area (Å²) in [6.07, 6.45) is -1.13. The van der Waals surface area contributed by atoms with Gasteiger partial charge in [-0.25, -0.2) is 9.97 Å². The van der Waals surface area contributed by atoms with E-state index in [1.807, 2.05) is 18.7 Å². The molecule has 3 rings (SSSR count). The van der Waals surface area contributed by atoms with Gasteiger partial charge in [0.05, 0.1) is 5.56 Å². The van der Waals surface area contributed by atoms with E-state index in [0.717, 1.165) is 48.5 Å². The van der Waals surface area contributed by atoms with E-state index >= 15 is 0 Å². The number of carbonyl (C=O) groups excluding carboxylic acids is 1. The van der Waals surface area contributed by atoms with Crippen LogP contribution in [0.1, 0.15) is 49.9 Å². The van der Waals surface area contributed by atoms with Gasteiger partial charge in [0.25, 0.3) is 0 Å². The number of hydrogen-bond donors (Lipinski definition) is 0. The van der Waals surface area contributed by atoms with Gasteiger partial charge in [0.15, 0.2) is 5.82 Å². The van der Waals surface area contributed by atoms with Crippen molar-refractivity contribution in [3.05, 3.63) is 41.1 Å². The maximum absolute atomic E-state index is 12.9. The standard InChI is InChI=1S/C23H29F3N4O/c1-4-6-7-20(31)29-12-14-30(15-13-29)22-19(5-2)16(3)27-21(28-22)17-8-10-18(11-9-17)23(24,25)26/h8-11H,4-7,12-15H2,1-3H3. The van der Waals surface area contributed by atoms with Crippen LogP contribution in [0.2, 0.25) is 0 Å². The first kappa shape index (κ1) is 23.0. The fraction of sp³-hybridized carbons (Fsp3) is 0.522. The number of piperazine rings is 1. The molecule has 1 amide bonds. The second kappa shape index (κ2) is 9.66. The summed E-state index contributed by atoms with van der Waals surface area (Å²) in [7, 11) is 0. The Kier molecular flexibility index (Phi) is 7.18. The Bertz CT molecular complexity index is 904. The Morgan fingerprint density at radius 1 is 1.03 bits per heavy atom. The van der Waals surface area contributed by atoms with E-state index in [9.17, 15) is 18.0 Å². The summed E-state index contributed by atoms with van der Waals surface area (Å²) in [6, 6.07) is 4.94. The summed E-state index contributed by atoms with van der Waals surface area (Å²) in [5, 5.41) is 0. The van der Waals surface area contributed by atoms with E-state index in [1.165, 1.54) is 12.1 Å². The van der Waals surface area contributed by atoms with Crippen molar-refractivity contribution in [2.75, 3.05) is 31.1 Å². The number of carbonyl (C=O) groups is 1. The average molecular weight is 435 g/mol. The van der Waals surface area contributed by atoms with E-state index in [1.54, 1.807) is 0 Å². The molecule has 0 unspecified atom stereocenters. The molecule has 2 heterocycles. The van der Waals surface area contributed by atoms with Crippen molar-refractivity contribution in [2.45, 2.75) is 52.6 Å². The molecule has 0 saturated carbocycles. The van der Waals surface area contributed by atoms with Crippen molar-refractivity contribution in [2.24, 2.45) is 0 Å². The maximum Gasteiger partial charge on any atom is 0.416 e. The van der Waals surface area contributed by atoms with Crippen molar-refractivity contribution >= 4 is 11.7 Å². The zero-order chi connectivity index (χ0) is 22.6. The van der Waals surface area contributed by atoms with Crippen molar-refractivity contribution in [3.63, 3.8) is 0 Å². The van der Waals surface area contributed by atoms with Crippen LogP contribution < -0.4 is 4.90 Å². The van der Waals surface area contributed by atoms with Crippen LogP contribution >= 0.6 is 0 Å². The van der Waals surface area contributed by atoms with E-state index in [2.05, 4.69) is 16.8 Å². The molecular weight excluding hydrogens is 405 g/mol. The number of amides is 1. The number of alkyl halides is 3. The fourth-order valence-corrected chi connectivity index (χ4v) is 3.85. The zero-order valence-electron chi connectivity index (χ0n) is 18.3. The molecule has 168 valence electrons. The van der Waals surface area contributed by atoms with Crippen LogP contribution in [0.25, 0.3) is 11.4 Å². The first-order valence-corrected chi connectivity index (χ1v) is 10.8. The van der Waals surface area contributed by atoms with Gasteiger partial charge < -0.3 is 9.80 Å². The number of rotatable bonds is 6. The van der Waals surface area contributed by atoms with Crippen molar-refractivity contribution in [1.29, 1.82) is 0 Å². The smallest absolute Gasteiger partial charge is 0.353 e. The highest BCUT2D eigenvalue weighted by molar-refractivity contribution is 5.76. The van der Waals surface area contributed by atoms with E-state index in [-0.39, 0.29) is 5.91 Å². The number of aryl methyl sites for hydroxylation is 1. The monoisotopic (exact) mass is 434 g/mol. The van der Waals surface area contributed by atoms with Gasteiger partial charge in [0.2, 0.25) is 5.91 Å². The molecule has 1 fully saturated rings. The molecule has 0 bridgehead atoms. The minimum Gasteiger partial charge on any atom is -0.353 e. The first-order valence-electron chi connectivity index (χ1n) is 10.8. The quantitative estimate of drug-likeness (QED) is 0.651. The molecular formula is C23H29F3N4O. The predicted molar refractivity (Wildman–Crippen MR) is 115 cm³/mol. The van der Waals surface area contributed by atoms with Crippen LogP contribution in [0.5, 0.6) is 0 Å². The van der Waals surface area contributed by atoms with Crippen molar-refractivity contribution < 1.29 is 18.0 Å². The fourth-order valence-electron chi connectivity index (χ4n) is 3.85. The Morgan fingerprint density at radius 3 is 2.23 bits per heavy atom. The van der Waals surface area contributed by atoms with Gasteiger partial charge in [-0.2, -0.15) is 13.2 Å². The lowest BCUT2D eigenvalue weighted by Gasteiger charge is -2.36. The summed E-state index contributed by atoms with van der Waals surface area (Å²) in [6.45, 7) is 8.65. The molecule has 0 aliphatic carbocycles. The molecule has 1 aromatic heterocycles. The van der Waals surface area contributed by atoms with Gasteiger partial charge in [0.1, 0.15) is 5.82 Å². The predicted octanol–water partition coefficient (Wildman–Crippen LogP) is 4.87. The van der Waals surface area contributed by atoms with E-state index < -0.39 is 11.7 Å². The van der Waals surface area contributed by atoms with Gasteiger partial charge >= 0.3 is 6.18 Å². The Morgan fingerprint density at radius 2 is 1.68 bits per heavy atom. The zero-order valence-corrected chi connectivity index (χ0v) is 18.3. The number of benzene rings is 1. The topological polar surface area (TPSA) is 49.3 Å². The molecule has 0 radical (unpaired) electrons. The van der Waals surface area contributed by atoms with Crippen LogP contribution in [-0.2, 0) is 17.4 Å². The normalized spacial score (nSPS) is 14.8. The van der Waals surface area contributed by atoms with Crippen LogP contribution in [0, 0.1) is 6.92 Å². The maximum atomic E-state index is 12.9. The molecule has 0 spiro atoms. The third-order valence-corrected chi connectivity index (χ3v) is 5.69. The molecule has 8 heteroatoms. The molecule has 1 aromatic carbocycles. The first-order chi connectivity index (χ1) is 14.7. The van der Waals surface area contributed by atoms with Gasteiger partial charge in [-0.05, 0) is 31.9 Å². The highest BCUT2D eigenvalue weighted by atomic mass is 19.4. The van der Waals surface area contributed by atoms with Crippen molar-refractivity contribution in [3.8, 4) is 11.4 Å². The van der Waals surface area contributed by atoms with Gasteiger partial charge in [-0.3, -0.25) is 4.79 Å². The summed E-state index contributed by atoms with van der Waals surface area (Å²) in [5.74, 6) is 1.42. The van der Waals surface area contributed by atoms with Crippen LogP contribution in [0.4, 0.5) is 19.0 Å². The summed E-state index contributed by atoms with van der Waals surface area (Å²) in [4.78, 5) is 25.7. The summed E-state index contributed by atoms with van der Waals surface area (Å²) in [5.41, 5.74) is 1.71. The number of anilines is 1. The molecule has 1 aliphatic heterocycles. The van der Waals surface area contributed by atoms with E-state index in [4.69, 9.17) is 4.98 Å². The molecule has 0 atom stereocenters. The van der Waals surface area contributed by atoms with Crippen LogP contribution in [-0.4, -0.2) is 47.0 Å². The number of halogens is 3. The number of nitrogens with zero attached hydrogens (tertiary/aromatic N) is 4. The highest BCUT2D eigenvalue weighted by Crippen LogP contribution is 2.31. The second-order valence-electron chi connectivity index (χ2n) is 7.83. The number of unbranched alkanes of at least 4 members (excludes halogenated alkanes) is 1. The highest BCUT2D eigenvalue weighted by Gasteiger charge is 2.30. The summed E-state index contributed by atoms with van der Waals surface area (Å²) < 4.78 is 38.6. The largest absolute Gasteiger partial charge is 0.416 e. The lowest BCUT2D eigenvalue weighted by Crippen LogP contribution is -2.49. The number of aromatic nitrogens is 2. The third-order valence-electron chi connectivity index (χ3n) is 5.69. The van der Waals surface area contributed by atoms with E-state index in [0.29, 0.717) is 44.0 Å². The Balaban J connectivity index is 1.83. The number of hydrogen-bond acceptors (Lipinski definition) is 4. The van der Waals surface area contributed by atoms with Gasteiger partial charge in [-0.1, -0.05) is 32.4 Å². The molecule has 1 aliphatic rings. The molecule has 5 nitrogen and oxygen atoms in total. The summed E-state index contributed by atoms with van der Waals surface area (Å²) >= 11 is 0. The van der Waals surface area contributed by atoms with Crippen LogP contribution in [0.15, 0.2) is 24.3 Å². The van der Waals surface area contributed by atoms with Crippen LogP contribution in [0.3, 0.4) is 0 Å².